The van der Waals surface area contributed by atoms with E-state index in [0.29, 0.717) is 29.1 Å². The normalized spacial score (nSPS) is 11.0. The average Bonchev–Trinajstić information content (AvgIpc) is 2.91. The highest BCUT2D eigenvalue weighted by molar-refractivity contribution is 7.80. The van der Waals surface area contributed by atoms with Crippen molar-refractivity contribution in [2.45, 2.75) is 65.2 Å². The fourth-order valence-corrected chi connectivity index (χ4v) is 4.11. The highest BCUT2D eigenvalue weighted by atomic mass is 32.1. The lowest BCUT2D eigenvalue weighted by Gasteiger charge is -2.19. The van der Waals surface area contributed by atoms with E-state index in [1.54, 1.807) is 48.5 Å². The number of carbonyl (C=O) groups is 2. The molecular weight excluding hydrogens is 506 g/mol. The summed E-state index contributed by atoms with van der Waals surface area (Å²) in [6, 6.07) is 21.8. The Balaban J connectivity index is 1.44. The SMILES string of the molecule is CCCCCCCOc1ccc(C(=O)NC(=S)Nc2ccc(NC(=O)c3ccc(C(C)(C)C)cc3)cc2)cc1. The van der Waals surface area contributed by atoms with Gasteiger partial charge in [0.2, 0.25) is 0 Å². The Morgan fingerprint density at radius 3 is 1.85 bits per heavy atom. The molecule has 0 saturated heterocycles. The molecule has 0 aromatic heterocycles. The fraction of sp³-hybridized carbons (Fsp3) is 0.344. The third-order valence-corrected chi connectivity index (χ3v) is 6.48. The summed E-state index contributed by atoms with van der Waals surface area (Å²) in [6.07, 6.45) is 5.92. The first-order chi connectivity index (χ1) is 18.7. The minimum absolute atomic E-state index is 0.0322. The standard InChI is InChI=1S/C32H39N3O3S/c1-5-6-7-8-9-22-38-28-20-12-24(13-21-28)30(37)35-31(39)34-27-18-16-26(17-19-27)33-29(36)23-10-14-25(15-11-23)32(2,3)4/h10-21H,5-9,22H2,1-4H3,(H,33,36)(H2,34,35,37,39). The van der Waals surface area contributed by atoms with E-state index in [0.717, 1.165) is 12.2 Å². The number of benzene rings is 3. The molecule has 0 unspecified atom stereocenters. The molecule has 3 rings (SSSR count). The molecule has 0 radical (unpaired) electrons. The van der Waals surface area contributed by atoms with Gasteiger partial charge in [-0.05, 0) is 90.3 Å². The van der Waals surface area contributed by atoms with Crippen molar-refractivity contribution in [3.8, 4) is 5.75 Å². The first kappa shape index (κ1) is 29.8. The Labute approximate surface area is 237 Å². The van der Waals surface area contributed by atoms with Gasteiger partial charge in [0.1, 0.15) is 5.75 Å². The second-order valence-corrected chi connectivity index (χ2v) is 11.0. The molecule has 3 aromatic rings. The van der Waals surface area contributed by atoms with Gasteiger partial charge in [-0.2, -0.15) is 0 Å². The van der Waals surface area contributed by atoms with E-state index in [1.807, 2.05) is 24.3 Å². The topological polar surface area (TPSA) is 79.5 Å². The average molecular weight is 546 g/mol. The number of thiocarbonyl (C=S) groups is 1. The third kappa shape index (κ3) is 9.84. The number of amides is 2. The molecule has 0 fully saturated rings. The fourth-order valence-electron chi connectivity index (χ4n) is 3.90. The van der Waals surface area contributed by atoms with Crippen LogP contribution in [0.5, 0.6) is 5.75 Å². The third-order valence-electron chi connectivity index (χ3n) is 6.27. The number of rotatable bonds is 11. The van der Waals surface area contributed by atoms with Crippen LogP contribution in [0.3, 0.4) is 0 Å². The summed E-state index contributed by atoms with van der Waals surface area (Å²) < 4.78 is 5.76. The summed E-state index contributed by atoms with van der Waals surface area (Å²) in [5.41, 5.74) is 3.63. The first-order valence-corrected chi connectivity index (χ1v) is 13.9. The zero-order valence-electron chi connectivity index (χ0n) is 23.3. The molecule has 7 heteroatoms. The van der Waals surface area contributed by atoms with E-state index in [-0.39, 0.29) is 22.3 Å². The summed E-state index contributed by atoms with van der Waals surface area (Å²) in [7, 11) is 0. The molecule has 6 nitrogen and oxygen atoms in total. The lowest BCUT2D eigenvalue weighted by Crippen LogP contribution is -2.34. The Kier molecular flexibility index (Phi) is 11.1. The molecule has 39 heavy (non-hydrogen) atoms. The van der Waals surface area contributed by atoms with E-state index >= 15 is 0 Å². The minimum Gasteiger partial charge on any atom is -0.494 e. The van der Waals surface area contributed by atoms with Gasteiger partial charge >= 0.3 is 0 Å². The van der Waals surface area contributed by atoms with Crippen LogP contribution in [0.25, 0.3) is 0 Å². The summed E-state index contributed by atoms with van der Waals surface area (Å²) in [4.78, 5) is 25.2. The molecule has 0 aliphatic heterocycles. The van der Waals surface area contributed by atoms with Gasteiger partial charge in [-0.25, -0.2) is 0 Å². The van der Waals surface area contributed by atoms with Crippen LogP contribution in [0.2, 0.25) is 0 Å². The zero-order chi connectivity index (χ0) is 28.3. The quantitative estimate of drug-likeness (QED) is 0.170. The molecule has 0 atom stereocenters. The highest BCUT2D eigenvalue weighted by Crippen LogP contribution is 2.23. The largest absolute Gasteiger partial charge is 0.494 e. The molecule has 0 aliphatic rings. The van der Waals surface area contributed by atoms with Crippen LogP contribution in [0.4, 0.5) is 11.4 Å². The molecule has 3 N–H and O–H groups in total. The maximum atomic E-state index is 12.6. The van der Waals surface area contributed by atoms with Crippen molar-refractivity contribution in [1.82, 2.24) is 5.32 Å². The van der Waals surface area contributed by atoms with Crippen LogP contribution < -0.4 is 20.7 Å². The van der Waals surface area contributed by atoms with Crippen LogP contribution in [-0.2, 0) is 5.41 Å². The van der Waals surface area contributed by atoms with Crippen molar-refractivity contribution in [1.29, 1.82) is 0 Å². The van der Waals surface area contributed by atoms with E-state index in [4.69, 9.17) is 17.0 Å². The van der Waals surface area contributed by atoms with Gasteiger partial charge in [0, 0.05) is 22.5 Å². The lowest BCUT2D eigenvalue weighted by molar-refractivity contribution is 0.0976. The maximum absolute atomic E-state index is 12.6. The molecule has 0 heterocycles. The Bertz CT molecular complexity index is 1230. The molecule has 0 saturated carbocycles. The van der Waals surface area contributed by atoms with Crippen molar-refractivity contribution in [2.24, 2.45) is 0 Å². The number of hydrogen-bond acceptors (Lipinski definition) is 4. The van der Waals surface area contributed by atoms with E-state index < -0.39 is 0 Å². The first-order valence-electron chi connectivity index (χ1n) is 13.5. The second kappa shape index (κ2) is 14.4. The highest BCUT2D eigenvalue weighted by Gasteiger charge is 2.14. The van der Waals surface area contributed by atoms with Gasteiger partial charge in [0.15, 0.2) is 5.11 Å². The van der Waals surface area contributed by atoms with E-state index in [9.17, 15) is 9.59 Å². The maximum Gasteiger partial charge on any atom is 0.257 e. The summed E-state index contributed by atoms with van der Waals surface area (Å²) >= 11 is 5.30. The molecule has 2 amide bonds. The van der Waals surface area contributed by atoms with E-state index in [2.05, 4.69) is 43.6 Å². The molecular formula is C32H39N3O3S. The van der Waals surface area contributed by atoms with Crippen LogP contribution >= 0.6 is 12.2 Å². The predicted octanol–water partition coefficient (Wildman–Crippen LogP) is 7.71. The van der Waals surface area contributed by atoms with Crippen molar-refractivity contribution < 1.29 is 14.3 Å². The Hall–Kier alpha value is -3.71. The Morgan fingerprint density at radius 1 is 0.718 bits per heavy atom. The van der Waals surface area contributed by atoms with Crippen LogP contribution in [0, 0.1) is 0 Å². The lowest BCUT2D eigenvalue weighted by atomic mass is 9.87. The Morgan fingerprint density at radius 2 is 1.26 bits per heavy atom. The van der Waals surface area contributed by atoms with Crippen molar-refractivity contribution >= 4 is 40.5 Å². The van der Waals surface area contributed by atoms with Crippen LogP contribution in [-0.4, -0.2) is 23.5 Å². The molecule has 0 spiro atoms. The van der Waals surface area contributed by atoms with Crippen molar-refractivity contribution in [2.75, 3.05) is 17.2 Å². The van der Waals surface area contributed by atoms with Crippen molar-refractivity contribution in [3.05, 3.63) is 89.5 Å². The molecule has 0 bridgehead atoms. The number of nitrogens with one attached hydrogen (secondary N) is 3. The number of carbonyl (C=O) groups excluding carboxylic acids is 2. The summed E-state index contributed by atoms with van der Waals surface area (Å²) in [6.45, 7) is 9.29. The zero-order valence-corrected chi connectivity index (χ0v) is 24.1. The van der Waals surface area contributed by atoms with Gasteiger partial charge in [-0.15, -0.1) is 0 Å². The number of hydrogen-bond donors (Lipinski definition) is 3. The summed E-state index contributed by atoms with van der Waals surface area (Å²) in [5.74, 6) is 0.263. The number of anilines is 2. The van der Waals surface area contributed by atoms with E-state index in [1.165, 1.54) is 31.2 Å². The molecule has 0 aliphatic carbocycles. The predicted molar refractivity (Wildman–Crippen MR) is 164 cm³/mol. The van der Waals surface area contributed by atoms with Gasteiger partial charge < -0.3 is 15.4 Å². The van der Waals surface area contributed by atoms with Gasteiger partial charge in [-0.1, -0.05) is 65.5 Å². The minimum atomic E-state index is -0.306. The smallest absolute Gasteiger partial charge is 0.257 e. The van der Waals surface area contributed by atoms with Gasteiger partial charge in [0.25, 0.3) is 11.8 Å². The van der Waals surface area contributed by atoms with Crippen molar-refractivity contribution in [3.63, 3.8) is 0 Å². The summed E-state index contributed by atoms with van der Waals surface area (Å²) in [5, 5.41) is 8.77. The number of ether oxygens (including phenoxy) is 1. The monoisotopic (exact) mass is 545 g/mol. The second-order valence-electron chi connectivity index (χ2n) is 10.6. The molecule has 3 aromatic carbocycles. The van der Waals surface area contributed by atoms with Gasteiger partial charge in [-0.3, -0.25) is 14.9 Å². The molecule has 206 valence electrons. The van der Waals surface area contributed by atoms with Crippen LogP contribution in [0.15, 0.2) is 72.8 Å². The number of unbranched alkanes of at least 4 members (excludes halogenated alkanes) is 4. The van der Waals surface area contributed by atoms with Gasteiger partial charge in [0.05, 0.1) is 6.61 Å². The van der Waals surface area contributed by atoms with Crippen LogP contribution in [0.1, 0.15) is 86.1 Å².